The summed E-state index contributed by atoms with van der Waals surface area (Å²) in [6.45, 7) is 4.64. The number of methoxy groups -OCH3 is 1. The Bertz CT molecular complexity index is 175. The molecule has 0 aromatic rings. The lowest BCUT2D eigenvalue weighted by atomic mass is 9.78. The molecule has 3 heteroatoms. The van der Waals surface area contributed by atoms with Crippen molar-refractivity contribution in [3.8, 4) is 0 Å². The van der Waals surface area contributed by atoms with E-state index in [2.05, 4.69) is 6.92 Å². The van der Waals surface area contributed by atoms with Gasteiger partial charge in [0.05, 0.1) is 6.10 Å². The first kappa shape index (κ1) is 13.9. The summed E-state index contributed by atoms with van der Waals surface area (Å²) in [6.07, 6.45) is 6.42. The number of ether oxygens (including phenoxy) is 2. The van der Waals surface area contributed by atoms with Gasteiger partial charge in [0.2, 0.25) is 0 Å². The molecule has 1 aliphatic rings. The Morgan fingerprint density at radius 3 is 2.69 bits per heavy atom. The third-order valence-corrected chi connectivity index (χ3v) is 3.74. The van der Waals surface area contributed by atoms with Gasteiger partial charge in [-0.3, -0.25) is 0 Å². The lowest BCUT2D eigenvalue weighted by molar-refractivity contribution is -0.0293. The molecular formula is C13H27NO2. The average Bonchev–Trinajstić information content (AvgIpc) is 2.34. The molecule has 1 rings (SSSR count). The van der Waals surface area contributed by atoms with Crippen LogP contribution in [0.3, 0.4) is 0 Å². The highest BCUT2D eigenvalue weighted by Crippen LogP contribution is 2.32. The second kappa shape index (κ2) is 8.04. The molecule has 0 amide bonds. The summed E-state index contributed by atoms with van der Waals surface area (Å²) in [5.41, 5.74) is 5.81. The van der Waals surface area contributed by atoms with Gasteiger partial charge in [0.25, 0.3) is 0 Å². The molecule has 96 valence electrons. The van der Waals surface area contributed by atoms with E-state index in [1.165, 1.54) is 25.7 Å². The number of rotatable bonds is 7. The molecule has 0 heterocycles. The van der Waals surface area contributed by atoms with Gasteiger partial charge in [0.15, 0.2) is 0 Å². The Morgan fingerprint density at radius 1 is 1.25 bits per heavy atom. The van der Waals surface area contributed by atoms with Gasteiger partial charge in [0, 0.05) is 20.3 Å². The first-order chi connectivity index (χ1) is 7.81. The minimum absolute atomic E-state index is 0.389. The van der Waals surface area contributed by atoms with Gasteiger partial charge >= 0.3 is 0 Å². The van der Waals surface area contributed by atoms with Gasteiger partial charge in [0.1, 0.15) is 0 Å². The van der Waals surface area contributed by atoms with Crippen LogP contribution in [0.25, 0.3) is 0 Å². The van der Waals surface area contributed by atoms with E-state index < -0.39 is 0 Å². The first-order valence-electron chi connectivity index (χ1n) is 6.62. The fraction of sp³-hybridized carbons (Fsp3) is 1.00. The minimum Gasteiger partial charge on any atom is -0.385 e. The van der Waals surface area contributed by atoms with E-state index in [0.717, 1.165) is 32.1 Å². The third kappa shape index (κ3) is 4.40. The fourth-order valence-corrected chi connectivity index (χ4v) is 2.56. The molecule has 0 saturated heterocycles. The third-order valence-electron chi connectivity index (χ3n) is 3.74. The maximum absolute atomic E-state index is 5.96. The standard InChI is InChI=1S/C13H27NO2/c1-3-11-5-6-12(10-14)13(9-11)16-8-4-7-15-2/h11-13H,3-10,14H2,1-2H3. The fourth-order valence-electron chi connectivity index (χ4n) is 2.56. The highest BCUT2D eigenvalue weighted by Gasteiger charge is 2.29. The molecule has 1 aliphatic carbocycles. The van der Waals surface area contributed by atoms with E-state index in [9.17, 15) is 0 Å². The summed E-state index contributed by atoms with van der Waals surface area (Å²) in [5.74, 6) is 1.42. The largest absolute Gasteiger partial charge is 0.385 e. The Balaban J connectivity index is 2.27. The molecule has 0 spiro atoms. The SMILES string of the molecule is CCC1CCC(CN)C(OCCCOC)C1. The van der Waals surface area contributed by atoms with Gasteiger partial charge in [-0.1, -0.05) is 13.3 Å². The molecular weight excluding hydrogens is 202 g/mol. The van der Waals surface area contributed by atoms with Gasteiger partial charge in [-0.25, -0.2) is 0 Å². The maximum Gasteiger partial charge on any atom is 0.0618 e. The van der Waals surface area contributed by atoms with Crippen LogP contribution in [-0.4, -0.2) is 33.0 Å². The Labute approximate surface area is 99.7 Å². The van der Waals surface area contributed by atoms with Gasteiger partial charge < -0.3 is 15.2 Å². The van der Waals surface area contributed by atoms with Crippen LogP contribution in [0.4, 0.5) is 0 Å². The molecule has 3 nitrogen and oxygen atoms in total. The van der Waals surface area contributed by atoms with Crippen LogP contribution >= 0.6 is 0 Å². The summed E-state index contributed by atoms with van der Waals surface area (Å²) in [7, 11) is 1.73. The van der Waals surface area contributed by atoms with Crippen molar-refractivity contribution in [2.45, 2.75) is 45.1 Å². The Kier molecular flexibility index (Phi) is 7.01. The molecule has 3 atom stereocenters. The molecule has 0 radical (unpaired) electrons. The zero-order chi connectivity index (χ0) is 11.8. The lowest BCUT2D eigenvalue weighted by Gasteiger charge is -2.35. The summed E-state index contributed by atoms with van der Waals surface area (Å²) in [6, 6.07) is 0. The van der Waals surface area contributed by atoms with Crippen LogP contribution in [-0.2, 0) is 9.47 Å². The molecule has 0 bridgehead atoms. The topological polar surface area (TPSA) is 44.5 Å². The Hall–Kier alpha value is -0.120. The quantitative estimate of drug-likeness (QED) is 0.681. The molecule has 3 unspecified atom stereocenters. The molecule has 1 saturated carbocycles. The summed E-state index contributed by atoms with van der Waals surface area (Å²) in [5, 5.41) is 0. The van der Waals surface area contributed by atoms with Crippen LogP contribution in [0.15, 0.2) is 0 Å². The van der Waals surface area contributed by atoms with Crippen LogP contribution in [0.1, 0.15) is 39.0 Å². The second-order valence-corrected chi connectivity index (χ2v) is 4.84. The van der Waals surface area contributed by atoms with Gasteiger partial charge in [-0.15, -0.1) is 0 Å². The van der Waals surface area contributed by atoms with Crippen molar-refractivity contribution in [3.05, 3.63) is 0 Å². The van der Waals surface area contributed by atoms with E-state index >= 15 is 0 Å². The summed E-state index contributed by atoms with van der Waals surface area (Å²) in [4.78, 5) is 0. The zero-order valence-electron chi connectivity index (χ0n) is 10.8. The first-order valence-corrected chi connectivity index (χ1v) is 6.62. The van der Waals surface area contributed by atoms with Crippen LogP contribution in [0.5, 0.6) is 0 Å². The van der Waals surface area contributed by atoms with E-state index in [1.807, 2.05) is 0 Å². The van der Waals surface area contributed by atoms with Crippen molar-refractivity contribution in [1.82, 2.24) is 0 Å². The summed E-state index contributed by atoms with van der Waals surface area (Å²) < 4.78 is 11.0. The molecule has 1 fully saturated rings. The van der Waals surface area contributed by atoms with Crippen molar-refractivity contribution >= 4 is 0 Å². The molecule has 0 aromatic heterocycles. The van der Waals surface area contributed by atoms with Crippen molar-refractivity contribution in [3.63, 3.8) is 0 Å². The minimum atomic E-state index is 0.389. The van der Waals surface area contributed by atoms with Crippen LogP contribution < -0.4 is 5.73 Å². The van der Waals surface area contributed by atoms with Crippen LogP contribution in [0.2, 0.25) is 0 Å². The number of nitrogens with two attached hydrogens (primary N) is 1. The summed E-state index contributed by atoms with van der Waals surface area (Å²) >= 11 is 0. The predicted octanol–water partition coefficient (Wildman–Crippen LogP) is 2.19. The highest BCUT2D eigenvalue weighted by atomic mass is 16.5. The number of hydrogen-bond donors (Lipinski definition) is 1. The van der Waals surface area contributed by atoms with Crippen molar-refractivity contribution in [1.29, 1.82) is 0 Å². The second-order valence-electron chi connectivity index (χ2n) is 4.84. The molecule has 2 N–H and O–H groups in total. The van der Waals surface area contributed by atoms with E-state index in [4.69, 9.17) is 15.2 Å². The maximum atomic E-state index is 5.96. The predicted molar refractivity (Wildman–Crippen MR) is 66.4 cm³/mol. The van der Waals surface area contributed by atoms with Crippen LogP contribution in [0, 0.1) is 11.8 Å². The monoisotopic (exact) mass is 229 g/mol. The highest BCUT2D eigenvalue weighted by molar-refractivity contribution is 4.81. The van der Waals surface area contributed by atoms with Gasteiger partial charge in [-0.05, 0) is 44.1 Å². The smallest absolute Gasteiger partial charge is 0.0618 e. The molecule has 0 aliphatic heterocycles. The Morgan fingerprint density at radius 2 is 2.06 bits per heavy atom. The van der Waals surface area contributed by atoms with Gasteiger partial charge in [-0.2, -0.15) is 0 Å². The van der Waals surface area contributed by atoms with Crippen molar-refractivity contribution in [2.24, 2.45) is 17.6 Å². The zero-order valence-corrected chi connectivity index (χ0v) is 10.8. The lowest BCUT2D eigenvalue weighted by Crippen LogP contribution is -2.36. The van der Waals surface area contributed by atoms with E-state index in [-0.39, 0.29) is 0 Å². The van der Waals surface area contributed by atoms with Crippen molar-refractivity contribution < 1.29 is 9.47 Å². The molecule has 0 aromatic carbocycles. The normalized spacial score (nSPS) is 30.6. The number of hydrogen-bond acceptors (Lipinski definition) is 3. The van der Waals surface area contributed by atoms with E-state index in [0.29, 0.717) is 12.0 Å². The average molecular weight is 229 g/mol. The van der Waals surface area contributed by atoms with E-state index in [1.54, 1.807) is 7.11 Å². The molecule has 16 heavy (non-hydrogen) atoms. The van der Waals surface area contributed by atoms with Crippen molar-refractivity contribution in [2.75, 3.05) is 26.9 Å².